The molecule has 8 heavy (non-hydrogen) atoms. The number of rotatable bonds is 1. The Bertz CT molecular complexity index is 55.4. The second-order valence-electron chi connectivity index (χ2n) is 2.50. The van der Waals surface area contributed by atoms with E-state index in [2.05, 4.69) is 12.2 Å². The normalized spacial score (nSPS) is 30.4. The lowest BCUT2D eigenvalue weighted by Crippen LogP contribution is -2.29. The zero-order valence-corrected chi connectivity index (χ0v) is 5.32. The molecule has 1 aliphatic heterocycles. The van der Waals surface area contributed by atoms with Crippen molar-refractivity contribution in [3.8, 4) is 0 Å². The molecule has 0 unspecified atom stereocenters. The maximum atomic E-state index is 3.87. The molecule has 1 fully saturated rings. The Hall–Kier alpha value is -0.0400. The zero-order valence-electron chi connectivity index (χ0n) is 5.32. The second-order valence-corrected chi connectivity index (χ2v) is 2.50. The molecule has 1 heteroatoms. The van der Waals surface area contributed by atoms with Gasteiger partial charge in [-0.15, -0.1) is 0 Å². The van der Waals surface area contributed by atoms with Crippen molar-refractivity contribution in [2.24, 2.45) is 5.92 Å². The monoisotopic (exact) mass is 112 g/mol. The van der Waals surface area contributed by atoms with Gasteiger partial charge in [0.1, 0.15) is 0 Å². The molecule has 0 aliphatic carbocycles. The third kappa shape index (κ3) is 1.48. The first-order valence-electron chi connectivity index (χ1n) is 3.43. The topological polar surface area (TPSA) is 12.0 Å². The quantitative estimate of drug-likeness (QED) is 0.537. The Balaban J connectivity index is 2.13. The summed E-state index contributed by atoms with van der Waals surface area (Å²) >= 11 is 0. The second kappa shape index (κ2) is 3.08. The Morgan fingerprint density at radius 1 is 1.62 bits per heavy atom. The lowest BCUT2D eigenvalue weighted by atomic mass is 9.97. The summed E-state index contributed by atoms with van der Waals surface area (Å²) in [5.41, 5.74) is 0. The zero-order chi connectivity index (χ0) is 5.82. The Kier molecular flexibility index (Phi) is 2.34. The van der Waals surface area contributed by atoms with Crippen molar-refractivity contribution >= 4 is 0 Å². The van der Waals surface area contributed by atoms with E-state index in [-0.39, 0.29) is 0 Å². The van der Waals surface area contributed by atoms with E-state index in [4.69, 9.17) is 0 Å². The Morgan fingerprint density at radius 3 is 2.88 bits per heavy atom. The van der Waals surface area contributed by atoms with Gasteiger partial charge < -0.3 is 5.32 Å². The number of nitrogens with one attached hydrogen (secondary N) is 1. The summed E-state index contributed by atoms with van der Waals surface area (Å²) in [6.45, 7) is 6.29. The third-order valence-corrected chi connectivity index (χ3v) is 1.81. The highest BCUT2D eigenvalue weighted by Crippen LogP contribution is 2.11. The van der Waals surface area contributed by atoms with Crippen molar-refractivity contribution in [3.63, 3.8) is 0 Å². The number of hydrogen-bond acceptors (Lipinski definition) is 1. The van der Waals surface area contributed by atoms with Gasteiger partial charge in [-0.2, -0.15) is 0 Å². The predicted octanol–water partition coefficient (Wildman–Crippen LogP) is 1.21. The molecule has 1 saturated heterocycles. The van der Waals surface area contributed by atoms with Crippen LogP contribution in [0.2, 0.25) is 0 Å². The van der Waals surface area contributed by atoms with Crippen molar-refractivity contribution in [3.05, 3.63) is 6.92 Å². The largest absolute Gasteiger partial charge is 0.316 e. The van der Waals surface area contributed by atoms with Crippen LogP contribution in [0.3, 0.4) is 0 Å². The summed E-state index contributed by atoms with van der Waals surface area (Å²) < 4.78 is 0. The minimum atomic E-state index is 0.865. The van der Waals surface area contributed by atoms with Crippen LogP contribution in [0.25, 0.3) is 0 Å². The molecule has 0 amide bonds. The van der Waals surface area contributed by atoms with E-state index in [1.807, 2.05) is 0 Å². The molecule has 47 valence electrons. The smallest absolute Gasteiger partial charge is 0.00205 e. The molecular formula is C7H14N. The molecule has 0 saturated carbocycles. The fraction of sp³-hybridized carbons (Fsp3) is 0.857. The lowest BCUT2D eigenvalue weighted by molar-refractivity contribution is 0.380. The molecule has 1 aliphatic rings. The van der Waals surface area contributed by atoms with Crippen molar-refractivity contribution in [2.75, 3.05) is 13.1 Å². The minimum absolute atomic E-state index is 0.865. The van der Waals surface area contributed by atoms with Crippen LogP contribution >= 0.6 is 0 Å². The van der Waals surface area contributed by atoms with Gasteiger partial charge in [0.05, 0.1) is 0 Å². The predicted molar refractivity (Wildman–Crippen MR) is 35.6 cm³/mol. The maximum absolute atomic E-state index is 3.87. The van der Waals surface area contributed by atoms with Crippen LogP contribution in [0, 0.1) is 12.8 Å². The summed E-state index contributed by atoms with van der Waals surface area (Å²) in [6.07, 6.45) is 3.84. The molecule has 1 rings (SSSR count). The first kappa shape index (κ1) is 6.09. The average molecular weight is 112 g/mol. The summed E-state index contributed by atoms with van der Waals surface area (Å²) in [6, 6.07) is 0. The molecule has 0 aromatic rings. The lowest BCUT2D eigenvalue weighted by Gasteiger charge is -2.20. The molecule has 0 spiro atoms. The van der Waals surface area contributed by atoms with Gasteiger partial charge in [0.2, 0.25) is 0 Å². The van der Waals surface area contributed by atoms with E-state index < -0.39 is 0 Å². The minimum Gasteiger partial charge on any atom is -0.316 e. The van der Waals surface area contributed by atoms with Crippen LogP contribution in [0.5, 0.6) is 0 Å². The fourth-order valence-corrected chi connectivity index (χ4v) is 1.17. The van der Waals surface area contributed by atoms with Gasteiger partial charge in [-0.3, -0.25) is 0 Å². The van der Waals surface area contributed by atoms with Crippen LogP contribution in [-0.2, 0) is 0 Å². The van der Waals surface area contributed by atoms with Gasteiger partial charge in [-0.1, -0.05) is 6.92 Å². The third-order valence-electron chi connectivity index (χ3n) is 1.81. The SMILES string of the molecule is [CH2]C[C@@H]1CCCNC1. The highest BCUT2D eigenvalue weighted by Gasteiger charge is 2.08. The summed E-state index contributed by atoms with van der Waals surface area (Å²) in [7, 11) is 0. The van der Waals surface area contributed by atoms with Crippen LogP contribution < -0.4 is 5.32 Å². The van der Waals surface area contributed by atoms with Crippen LogP contribution in [-0.4, -0.2) is 13.1 Å². The highest BCUT2D eigenvalue weighted by molar-refractivity contribution is 4.68. The van der Waals surface area contributed by atoms with Crippen molar-refractivity contribution < 1.29 is 0 Å². The molecule has 1 atom stereocenters. The molecule has 1 nitrogen and oxygen atoms in total. The van der Waals surface area contributed by atoms with Gasteiger partial charge in [-0.05, 0) is 38.3 Å². The van der Waals surface area contributed by atoms with E-state index >= 15 is 0 Å². The van der Waals surface area contributed by atoms with Gasteiger partial charge in [-0.25, -0.2) is 0 Å². The molecule has 1 radical (unpaired) electrons. The van der Waals surface area contributed by atoms with Gasteiger partial charge in [0.15, 0.2) is 0 Å². The van der Waals surface area contributed by atoms with Gasteiger partial charge >= 0.3 is 0 Å². The standard InChI is InChI=1S/C7H14N/c1-2-7-4-3-5-8-6-7/h7-8H,1-6H2/t7-/m1/s1. The summed E-state index contributed by atoms with van der Waals surface area (Å²) in [5.74, 6) is 0.865. The summed E-state index contributed by atoms with van der Waals surface area (Å²) in [4.78, 5) is 0. The van der Waals surface area contributed by atoms with Crippen molar-refractivity contribution in [2.45, 2.75) is 19.3 Å². The average Bonchev–Trinajstić information content (AvgIpc) is 1.90. The molecule has 1 N–H and O–H groups in total. The first-order valence-corrected chi connectivity index (χ1v) is 3.43. The Morgan fingerprint density at radius 2 is 2.50 bits per heavy atom. The fourth-order valence-electron chi connectivity index (χ4n) is 1.17. The molecule has 0 bridgehead atoms. The Labute approximate surface area is 51.5 Å². The van der Waals surface area contributed by atoms with Crippen molar-refractivity contribution in [1.82, 2.24) is 5.32 Å². The maximum Gasteiger partial charge on any atom is -0.00205 e. The number of hydrogen-bond donors (Lipinski definition) is 1. The molecule has 1 heterocycles. The van der Waals surface area contributed by atoms with Gasteiger partial charge in [0.25, 0.3) is 0 Å². The number of piperidine rings is 1. The van der Waals surface area contributed by atoms with E-state index in [1.54, 1.807) is 0 Å². The van der Waals surface area contributed by atoms with Crippen molar-refractivity contribution in [1.29, 1.82) is 0 Å². The van der Waals surface area contributed by atoms with E-state index in [1.165, 1.54) is 25.9 Å². The first-order chi connectivity index (χ1) is 3.93. The van der Waals surface area contributed by atoms with Crippen LogP contribution in [0.1, 0.15) is 19.3 Å². The van der Waals surface area contributed by atoms with E-state index in [0.29, 0.717) is 0 Å². The molecular weight excluding hydrogens is 98.1 g/mol. The highest BCUT2D eigenvalue weighted by atomic mass is 14.9. The van der Waals surface area contributed by atoms with E-state index in [9.17, 15) is 0 Å². The molecule has 0 aromatic carbocycles. The molecule has 0 aromatic heterocycles. The van der Waals surface area contributed by atoms with E-state index in [0.717, 1.165) is 12.3 Å². The summed E-state index contributed by atoms with van der Waals surface area (Å²) in [5, 5.41) is 3.35. The van der Waals surface area contributed by atoms with Gasteiger partial charge in [0, 0.05) is 0 Å². The van der Waals surface area contributed by atoms with Crippen LogP contribution in [0.4, 0.5) is 0 Å². The van der Waals surface area contributed by atoms with Crippen LogP contribution in [0.15, 0.2) is 0 Å².